The van der Waals surface area contributed by atoms with Gasteiger partial charge in [-0.15, -0.1) is 0 Å². The van der Waals surface area contributed by atoms with E-state index in [1.54, 1.807) is 38.1 Å². The molecular formula is C29H29N5O6. The first-order chi connectivity index (χ1) is 19.1. The molecule has 2 aromatic heterocycles. The Morgan fingerprint density at radius 1 is 0.925 bits per heavy atom. The summed E-state index contributed by atoms with van der Waals surface area (Å²) in [6, 6.07) is 13.9. The quantitative estimate of drug-likeness (QED) is 0.359. The topological polar surface area (TPSA) is 149 Å². The Labute approximate surface area is 229 Å². The number of aryl methyl sites for hydroxylation is 4. The van der Waals surface area contributed by atoms with Crippen LogP contribution in [0, 0.1) is 27.7 Å². The Morgan fingerprint density at radius 3 is 2.15 bits per heavy atom. The lowest BCUT2D eigenvalue weighted by Crippen LogP contribution is -2.32. The Balaban J connectivity index is 1.46. The second-order valence-electron chi connectivity index (χ2n) is 9.84. The van der Waals surface area contributed by atoms with Crippen LogP contribution in [0.3, 0.4) is 0 Å². The molecule has 0 spiro atoms. The van der Waals surface area contributed by atoms with Gasteiger partial charge in [0.1, 0.15) is 42.1 Å². The van der Waals surface area contributed by atoms with Crippen LogP contribution in [0.15, 0.2) is 53.3 Å². The first kappa shape index (κ1) is 26.9. The van der Waals surface area contributed by atoms with Crippen LogP contribution >= 0.6 is 0 Å². The van der Waals surface area contributed by atoms with Crippen LogP contribution < -0.4 is 11.3 Å². The first-order valence-corrected chi connectivity index (χ1v) is 12.8. The standard InChI is InChI=1S/C29H29N5O6/c1-15-5-9-19(10-6-15)28(36)38-14-22-21(40-29(37)20-11-7-16(2)8-12-20)13-23(39-22)34-26-24(31-17(3)27(34)35)25(30)32-18(4)33-26/h5-12,21-23H,13-14H2,1-4H3,(H2,30,32,33)/t21?,22-,23+/m1/s1. The molecule has 1 aliphatic rings. The fourth-order valence-electron chi connectivity index (χ4n) is 4.56. The van der Waals surface area contributed by atoms with Crippen LogP contribution in [0.2, 0.25) is 0 Å². The maximum atomic E-state index is 13.3. The Hall–Kier alpha value is -4.64. The van der Waals surface area contributed by atoms with Crippen molar-refractivity contribution >= 4 is 28.9 Å². The number of carbonyl (C=O) groups is 2. The van der Waals surface area contributed by atoms with Crippen LogP contribution in [-0.2, 0) is 14.2 Å². The largest absolute Gasteiger partial charge is 0.459 e. The molecule has 40 heavy (non-hydrogen) atoms. The number of carbonyl (C=O) groups excluding carboxylic acids is 2. The third-order valence-electron chi connectivity index (χ3n) is 6.72. The maximum Gasteiger partial charge on any atom is 0.338 e. The molecule has 0 bridgehead atoms. The van der Waals surface area contributed by atoms with E-state index in [-0.39, 0.29) is 35.7 Å². The predicted octanol–water partition coefficient (Wildman–Crippen LogP) is 3.37. The molecule has 11 heteroatoms. The number of benzene rings is 2. The van der Waals surface area contributed by atoms with Gasteiger partial charge in [-0.05, 0) is 52.0 Å². The number of rotatable bonds is 6. The average molecular weight is 544 g/mol. The van der Waals surface area contributed by atoms with E-state index in [1.165, 1.54) is 4.57 Å². The molecule has 0 saturated carbocycles. The second kappa shape index (κ2) is 10.9. The van der Waals surface area contributed by atoms with Gasteiger partial charge in [0.2, 0.25) is 0 Å². The van der Waals surface area contributed by atoms with Crippen LogP contribution in [0.25, 0.3) is 11.2 Å². The molecule has 3 heterocycles. The highest BCUT2D eigenvalue weighted by Crippen LogP contribution is 2.33. The van der Waals surface area contributed by atoms with Gasteiger partial charge in [0.15, 0.2) is 11.5 Å². The predicted molar refractivity (Wildman–Crippen MR) is 146 cm³/mol. The molecule has 1 aliphatic heterocycles. The summed E-state index contributed by atoms with van der Waals surface area (Å²) in [5.74, 6) is -0.625. The van der Waals surface area contributed by atoms with Gasteiger partial charge >= 0.3 is 11.9 Å². The average Bonchev–Trinajstić information content (AvgIpc) is 3.31. The zero-order chi connectivity index (χ0) is 28.6. The number of fused-ring (bicyclic) bond motifs is 1. The SMILES string of the molecule is Cc1ccc(C(=O)OC[C@H]2O[C@H](n3c(=O)c(C)nc4c(N)nc(C)nc43)CC2OC(=O)c2ccc(C)cc2)cc1. The minimum Gasteiger partial charge on any atom is -0.459 e. The lowest BCUT2D eigenvalue weighted by atomic mass is 10.1. The van der Waals surface area contributed by atoms with E-state index in [4.69, 9.17) is 19.9 Å². The molecule has 0 radical (unpaired) electrons. The maximum absolute atomic E-state index is 13.3. The van der Waals surface area contributed by atoms with E-state index in [9.17, 15) is 14.4 Å². The third kappa shape index (κ3) is 5.41. The van der Waals surface area contributed by atoms with Crippen molar-refractivity contribution in [1.29, 1.82) is 0 Å². The number of ether oxygens (including phenoxy) is 3. The fourth-order valence-corrected chi connectivity index (χ4v) is 4.56. The summed E-state index contributed by atoms with van der Waals surface area (Å²) >= 11 is 0. The minimum absolute atomic E-state index is 0.103. The molecule has 1 fully saturated rings. The summed E-state index contributed by atoms with van der Waals surface area (Å²) in [4.78, 5) is 51.9. The molecule has 206 valence electrons. The normalized spacial score (nSPS) is 18.6. The number of nitrogen functional groups attached to an aromatic ring is 1. The molecule has 0 aliphatic carbocycles. The summed E-state index contributed by atoms with van der Waals surface area (Å²) in [5.41, 5.74) is 9.04. The Morgan fingerprint density at radius 2 is 1.52 bits per heavy atom. The molecule has 5 rings (SSSR count). The number of hydrogen-bond acceptors (Lipinski definition) is 10. The molecule has 1 saturated heterocycles. The van der Waals surface area contributed by atoms with Gasteiger partial charge in [0, 0.05) is 6.42 Å². The molecule has 3 atom stereocenters. The smallest absolute Gasteiger partial charge is 0.338 e. The van der Waals surface area contributed by atoms with Gasteiger partial charge < -0.3 is 19.9 Å². The molecular weight excluding hydrogens is 514 g/mol. The van der Waals surface area contributed by atoms with Crippen molar-refractivity contribution in [3.63, 3.8) is 0 Å². The van der Waals surface area contributed by atoms with Crippen LogP contribution in [0.1, 0.15) is 56.0 Å². The molecule has 11 nitrogen and oxygen atoms in total. The van der Waals surface area contributed by atoms with Gasteiger partial charge in [-0.25, -0.2) is 24.5 Å². The van der Waals surface area contributed by atoms with Gasteiger partial charge in [-0.3, -0.25) is 9.36 Å². The number of esters is 2. The summed E-state index contributed by atoms with van der Waals surface area (Å²) in [6.07, 6.45) is -2.49. The van der Waals surface area contributed by atoms with Crippen molar-refractivity contribution < 1.29 is 23.8 Å². The van der Waals surface area contributed by atoms with Crippen molar-refractivity contribution in [2.24, 2.45) is 0 Å². The Kier molecular flexibility index (Phi) is 7.31. The highest BCUT2D eigenvalue weighted by Gasteiger charge is 2.41. The first-order valence-electron chi connectivity index (χ1n) is 12.8. The number of aromatic nitrogens is 4. The summed E-state index contributed by atoms with van der Waals surface area (Å²) in [7, 11) is 0. The fraction of sp³-hybridized carbons (Fsp3) is 0.310. The molecule has 2 aromatic carbocycles. The van der Waals surface area contributed by atoms with Crippen molar-refractivity contribution in [1.82, 2.24) is 19.5 Å². The highest BCUT2D eigenvalue weighted by atomic mass is 16.6. The molecule has 0 amide bonds. The van der Waals surface area contributed by atoms with Crippen LogP contribution in [0.5, 0.6) is 0 Å². The van der Waals surface area contributed by atoms with Gasteiger partial charge in [-0.2, -0.15) is 0 Å². The number of hydrogen-bond donors (Lipinski definition) is 1. The monoisotopic (exact) mass is 543 g/mol. The van der Waals surface area contributed by atoms with Crippen molar-refractivity contribution in [2.45, 2.75) is 52.6 Å². The van der Waals surface area contributed by atoms with Gasteiger partial charge in [0.25, 0.3) is 5.56 Å². The third-order valence-corrected chi connectivity index (χ3v) is 6.72. The number of nitrogens with two attached hydrogens (primary N) is 1. The summed E-state index contributed by atoms with van der Waals surface area (Å²) < 4.78 is 19.0. The van der Waals surface area contributed by atoms with E-state index in [1.807, 2.05) is 38.1 Å². The highest BCUT2D eigenvalue weighted by molar-refractivity contribution is 5.90. The molecule has 4 aromatic rings. The zero-order valence-corrected chi connectivity index (χ0v) is 22.6. The van der Waals surface area contributed by atoms with E-state index in [2.05, 4.69) is 15.0 Å². The summed E-state index contributed by atoms with van der Waals surface area (Å²) in [6.45, 7) is 6.84. The van der Waals surface area contributed by atoms with Crippen molar-refractivity contribution in [2.75, 3.05) is 12.3 Å². The van der Waals surface area contributed by atoms with Gasteiger partial charge in [0.05, 0.1) is 11.1 Å². The summed E-state index contributed by atoms with van der Waals surface area (Å²) in [5, 5.41) is 0. The lowest BCUT2D eigenvalue weighted by molar-refractivity contribution is -0.0570. The van der Waals surface area contributed by atoms with Crippen molar-refractivity contribution in [3.8, 4) is 0 Å². The second-order valence-corrected chi connectivity index (χ2v) is 9.84. The van der Waals surface area contributed by atoms with E-state index in [0.29, 0.717) is 17.0 Å². The van der Waals surface area contributed by atoms with Crippen molar-refractivity contribution in [3.05, 3.63) is 92.7 Å². The lowest BCUT2D eigenvalue weighted by Gasteiger charge is -2.19. The van der Waals surface area contributed by atoms with E-state index < -0.39 is 35.9 Å². The number of anilines is 1. The zero-order valence-electron chi connectivity index (χ0n) is 22.6. The van der Waals surface area contributed by atoms with Crippen LogP contribution in [-0.4, -0.2) is 50.3 Å². The molecule has 1 unspecified atom stereocenters. The minimum atomic E-state index is -0.899. The Bertz CT molecular complexity index is 1650. The van der Waals surface area contributed by atoms with Crippen LogP contribution in [0.4, 0.5) is 5.82 Å². The molecule has 2 N–H and O–H groups in total. The van der Waals surface area contributed by atoms with Gasteiger partial charge in [-0.1, -0.05) is 35.4 Å². The van der Waals surface area contributed by atoms with E-state index >= 15 is 0 Å². The van der Waals surface area contributed by atoms with E-state index in [0.717, 1.165) is 11.1 Å². The number of nitrogens with zero attached hydrogens (tertiary/aromatic N) is 4.